The summed E-state index contributed by atoms with van der Waals surface area (Å²) in [4.78, 5) is 19.7. The first kappa shape index (κ1) is 16.7. The molecule has 1 aliphatic heterocycles. The minimum Gasteiger partial charge on any atom is -0.391 e. The van der Waals surface area contributed by atoms with Crippen LogP contribution >= 0.6 is 11.3 Å². The highest BCUT2D eigenvalue weighted by Gasteiger charge is 2.28. The fraction of sp³-hybridized carbons (Fsp3) is 0.750. The van der Waals surface area contributed by atoms with Crippen LogP contribution in [-0.2, 0) is 4.74 Å². The number of thiazole rings is 1. The largest absolute Gasteiger partial charge is 0.391 e. The molecular weight excluding hydrogens is 314 g/mol. The van der Waals surface area contributed by atoms with E-state index in [1.165, 1.54) is 37.0 Å². The quantitative estimate of drug-likeness (QED) is 0.888. The highest BCUT2D eigenvalue weighted by Crippen LogP contribution is 2.36. The second-order valence-electron chi connectivity index (χ2n) is 6.43. The van der Waals surface area contributed by atoms with Crippen LogP contribution in [0.25, 0.3) is 0 Å². The van der Waals surface area contributed by atoms with E-state index in [9.17, 15) is 9.90 Å². The summed E-state index contributed by atoms with van der Waals surface area (Å²) in [5, 5.41) is 13.2. The smallest absolute Gasteiger partial charge is 0.323 e. The zero-order valence-electron chi connectivity index (χ0n) is 13.5. The zero-order valence-corrected chi connectivity index (χ0v) is 14.3. The monoisotopic (exact) mass is 339 g/mol. The van der Waals surface area contributed by atoms with Crippen LogP contribution in [0.3, 0.4) is 0 Å². The molecule has 0 bridgehead atoms. The molecule has 0 aromatic carbocycles. The Hall–Kier alpha value is -1.18. The van der Waals surface area contributed by atoms with E-state index in [0.717, 1.165) is 0 Å². The van der Waals surface area contributed by atoms with E-state index in [1.54, 1.807) is 23.2 Å². The Morgan fingerprint density at radius 2 is 2.26 bits per heavy atom. The summed E-state index contributed by atoms with van der Waals surface area (Å²) in [5.74, 6) is 0.606. The van der Waals surface area contributed by atoms with Crippen LogP contribution in [0.2, 0.25) is 0 Å². The molecule has 2 N–H and O–H groups in total. The number of ether oxygens (including phenoxy) is 1. The van der Waals surface area contributed by atoms with Gasteiger partial charge in [-0.1, -0.05) is 19.3 Å². The van der Waals surface area contributed by atoms with Crippen molar-refractivity contribution in [1.82, 2.24) is 9.88 Å². The van der Waals surface area contributed by atoms with Crippen LogP contribution in [0.4, 0.5) is 9.93 Å². The topological polar surface area (TPSA) is 74.7 Å². The number of hydrogen-bond donors (Lipinski definition) is 2. The molecule has 128 valence electrons. The van der Waals surface area contributed by atoms with Crippen LogP contribution in [0.5, 0.6) is 0 Å². The third-order valence-electron chi connectivity index (χ3n) is 4.66. The van der Waals surface area contributed by atoms with Gasteiger partial charge in [-0.15, -0.1) is 11.3 Å². The van der Waals surface area contributed by atoms with Gasteiger partial charge in [0.05, 0.1) is 19.3 Å². The molecule has 2 amide bonds. The number of nitrogens with zero attached hydrogens (tertiary/aromatic N) is 2. The number of nitrogens with one attached hydrogen (secondary N) is 1. The third kappa shape index (κ3) is 4.22. The molecule has 6 nitrogen and oxygen atoms in total. The van der Waals surface area contributed by atoms with Crippen molar-refractivity contribution in [2.45, 2.75) is 57.2 Å². The standard InChI is InChI=1S/C16H25N3O3S/c1-11(20)13-10-19(7-8-22-13)16(21)18-15-17-9-14(23-15)12-5-3-2-4-6-12/h9,11-13,20H,2-8,10H2,1H3,(H,17,18,21). The molecule has 1 saturated carbocycles. The molecule has 0 spiro atoms. The fourth-order valence-electron chi connectivity index (χ4n) is 3.24. The number of anilines is 1. The summed E-state index contributed by atoms with van der Waals surface area (Å²) < 4.78 is 5.47. The maximum absolute atomic E-state index is 12.4. The van der Waals surface area contributed by atoms with Crippen molar-refractivity contribution in [3.63, 3.8) is 0 Å². The van der Waals surface area contributed by atoms with Gasteiger partial charge in [0.15, 0.2) is 5.13 Å². The van der Waals surface area contributed by atoms with Crippen LogP contribution in [-0.4, -0.2) is 52.9 Å². The summed E-state index contributed by atoms with van der Waals surface area (Å²) >= 11 is 1.59. The molecule has 7 heteroatoms. The van der Waals surface area contributed by atoms with Crippen LogP contribution in [0.1, 0.15) is 49.8 Å². The molecule has 1 aromatic rings. The van der Waals surface area contributed by atoms with Gasteiger partial charge < -0.3 is 14.7 Å². The molecule has 2 heterocycles. The first-order valence-electron chi connectivity index (χ1n) is 8.45. The van der Waals surface area contributed by atoms with Gasteiger partial charge in [0, 0.05) is 17.6 Å². The Balaban J connectivity index is 1.56. The van der Waals surface area contributed by atoms with E-state index in [4.69, 9.17) is 4.74 Å². The number of aliphatic hydroxyl groups is 1. The summed E-state index contributed by atoms with van der Waals surface area (Å²) in [7, 11) is 0. The van der Waals surface area contributed by atoms with Gasteiger partial charge >= 0.3 is 6.03 Å². The minimum atomic E-state index is -0.580. The zero-order chi connectivity index (χ0) is 16.2. The Morgan fingerprint density at radius 1 is 1.48 bits per heavy atom. The maximum Gasteiger partial charge on any atom is 0.323 e. The Kier molecular flexibility index (Phi) is 5.50. The summed E-state index contributed by atoms with van der Waals surface area (Å²) in [6.07, 6.45) is 7.39. The van der Waals surface area contributed by atoms with Gasteiger partial charge in [0.25, 0.3) is 0 Å². The molecule has 3 rings (SSSR count). The van der Waals surface area contributed by atoms with Crippen molar-refractivity contribution in [2.24, 2.45) is 0 Å². The number of aromatic nitrogens is 1. The number of hydrogen-bond acceptors (Lipinski definition) is 5. The molecule has 1 aliphatic carbocycles. The van der Waals surface area contributed by atoms with Crippen LogP contribution in [0, 0.1) is 0 Å². The molecule has 2 fully saturated rings. The second kappa shape index (κ2) is 7.59. The lowest BCUT2D eigenvalue weighted by Crippen LogP contribution is -2.50. The van der Waals surface area contributed by atoms with E-state index >= 15 is 0 Å². The summed E-state index contributed by atoms with van der Waals surface area (Å²) in [5.41, 5.74) is 0. The van der Waals surface area contributed by atoms with E-state index in [-0.39, 0.29) is 12.1 Å². The van der Waals surface area contributed by atoms with Gasteiger partial charge in [-0.3, -0.25) is 5.32 Å². The van der Waals surface area contributed by atoms with Crippen molar-refractivity contribution < 1.29 is 14.6 Å². The van der Waals surface area contributed by atoms with Gasteiger partial charge in [-0.2, -0.15) is 0 Å². The summed E-state index contributed by atoms with van der Waals surface area (Å²) in [6.45, 7) is 3.08. The lowest BCUT2D eigenvalue weighted by molar-refractivity contribution is -0.0709. The van der Waals surface area contributed by atoms with E-state index in [2.05, 4.69) is 10.3 Å². The van der Waals surface area contributed by atoms with Crippen LogP contribution < -0.4 is 5.32 Å². The Labute approximate surface area is 140 Å². The molecular formula is C16H25N3O3S. The third-order valence-corrected chi connectivity index (χ3v) is 5.74. The predicted octanol–water partition coefficient (Wildman–Crippen LogP) is 2.80. The molecule has 1 saturated heterocycles. The molecule has 2 aliphatic rings. The number of rotatable bonds is 3. The second-order valence-corrected chi connectivity index (χ2v) is 7.49. The van der Waals surface area contributed by atoms with Gasteiger partial charge in [0.2, 0.25) is 0 Å². The van der Waals surface area contributed by atoms with Crippen LogP contribution in [0.15, 0.2) is 6.20 Å². The lowest BCUT2D eigenvalue weighted by atomic mass is 9.89. The molecule has 1 aromatic heterocycles. The van der Waals surface area contributed by atoms with Gasteiger partial charge in [0.1, 0.15) is 6.10 Å². The first-order valence-corrected chi connectivity index (χ1v) is 9.26. The molecule has 2 atom stereocenters. The van der Waals surface area contributed by atoms with Crippen molar-refractivity contribution in [1.29, 1.82) is 0 Å². The van der Waals surface area contributed by atoms with Gasteiger partial charge in [-0.25, -0.2) is 9.78 Å². The Morgan fingerprint density at radius 3 is 3.00 bits per heavy atom. The van der Waals surface area contributed by atoms with Crippen molar-refractivity contribution in [2.75, 3.05) is 25.0 Å². The lowest BCUT2D eigenvalue weighted by Gasteiger charge is -2.33. The van der Waals surface area contributed by atoms with Crippen molar-refractivity contribution >= 4 is 22.5 Å². The van der Waals surface area contributed by atoms with Crippen molar-refractivity contribution in [3.8, 4) is 0 Å². The maximum atomic E-state index is 12.4. The highest BCUT2D eigenvalue weighted by molar-refractivity contribution is 7.15. The van der Waals surface area contributed by atoms with E-state index < -0.39 is 6.10 Å². The number of aliphatic hydroxyl groups excluding tert-OH is 1. The van der Waals surface area contributed by atoms with Crippen molar-refractivity contribution in [3.05, 3.63) is 11.1 Å². The predicted molar refractivity (Wildman–Crippen MR) is 90.0 cm³/mol. The van der Waals surface area contributed by atoms with Gasteiger partial charge in [-0.05, 0) is 25.7 Å². The number of amides is 2. The molecule has 2 unspecified atom stereocenters. The number of morpholine rings is 1. The number of carbonyl (C=O) groups excluding carboxylic acids is 1. The summed E-state index contributed by atoms with van der Waals surface area (Å²) in [6, 6.07) is -0.163. The van der Waals surface area contributed by atoms with E-state index in [0.29, 0.717) is 30.7 Å². The molecule has 0 radical (unpaired) electrons. The minimum absolute atomic E-state index is 0.163. The van der Waals surface area contributed by atoms with E-state index in [1.807, 2.05) is 6.20 Å². The molecule has 23 heavy (non-hydrogen) atoms. The fourth-order valence-corrected chi connectivity index (χ4v) is 4.22. The Bertz CT molecular complexity index is 528. The normalized spacial score (nSPS) is 24.4. The SMILES string of the molecule is CC(O)C1CN(C(=O)Nc2ncc(C3CCCCC3)s2)CCO1. The first-order chi connectivity index (χ1) is 11.1. The average molecular weight is 339 g/mol. The highest BCUT2D eigenvalue weighted by atomic mass is 32.1. The number of carbonyl (C=O) groups is 1. The number of urea groups is 1. The average Bonchev–Trinajstić information content (AvgIpc) is 3.04.